The zero-order chi connectivity index (χ0) is 14.6. The van der Waals surface area contributed by atoms with Crippen molar-refractivity contribution in [3.8, 4) is 0 Å². The van der Waals surface area contributed by atoms with Crippen LogP contribution in [0.2, 0.25) is 5.02 Å². The molecule has 0 aliphatic carbocycles. The maximum Gasteiger partial charge on any atom is 0.242 e. The Balaban J connectivity index is 0.00000220. The van der Waals surface area contributed by atoms with E-state index >= 15 is 0 Å². The summed E-state index contributed by atoms with van der Waals surface area (Å²) in [4.78, 5) is 4.38. The van der Waals surface area contributed by atoms with Gasteiger partial charge in [0.05, 0.1) is 4.90 Å². The van der Waals surface area contributed by atoms with E-state index in [0.717, 1.165) is 5.69 Å². The minimum Gasteiger partial charge on any atom is -0.261 e. The van der Waals surface area contributed by atoms with Crippen molar-refractivity contribution in [1.29, 1.82) is 0 Å². The van der Waals surface area contributed by atoms with Crippen LogP contribution in [0.3, 0.4) is 0 Å². The molecule has 2 aromatic rings. The number of benzene rings is 1. The van der Waals surface area contributed by atoms with Gasteiger partial charge in [-0.2, -0.15) is 0 Å². The highest BCUT2D eigenvalue weighted by Crippen LogP contribution is 2.18. The Morgan fingerprint density at radius 2 is 1.95 bits per heavy atom. The fourth-order valence-corrected chi connectivity index (χ4v) is 3.22. The van der Waals surface area contributed by atoms with Gasteiger partial charge in [-0.05, 0) is 30.3 Å². The van der Waals surface area contributed by atoms with E-state index in [-0.39, 0.29) is 17.3 Å². The first-order valence-electron chi connectivity index (χ1n) is 6.12. The molecule has 0 spiro atoms. The van der Waals surface area contributed by atoms with E-state index in [4.69, 9.17) is 11.6 Å². The molecule has 114 valence electrons. The summed E-state index contributed by atoms with van der Waals surface area (Å²) in [5.41, 5.74) is 0.862. The van der Waals surface area contributed by atoms with Crippen LogP contribution in [0.25, 0.3) is 0 Å². The fourth-order valence-electron chi connectivity index (χ4n) is 1.75. The maximum absolute atomic E-state index is 12.4. The third kappa shape index (κ3) is 4.68. The van der Waals surface area contributed by atoms with Crippen LogP contribution < -0.4 is 0 Å². The summed E-state index contributed by atoms with van der Waals surface area (Å²) < 4.78 is 26.0. The lowest BCUT2D eigenvalue weighted by molar-refractivity contribution is 0.471. The van der Waals surface area contributed by atoms with Crippen molar-refractivity contribution in [1.82, 2.24) is 9.29 Å². The molecule has 1 aromatic carbocycles. The van der Waals surface area contributed by atoms with Crippen LogP contribution in [0.5, 0.6) is 0 Å². The first kappa shape index (κ1) is 17.9. The molecule has 0 fully saturated rings. The topological polar surface area (TPSA) is 50.3 Å². The largest absolute Gasteiger partial charge is 0.261 e. The average Bonchev–Trinajstić information content (AvgIpc) is 2.45. The first-order valence-corrected chi connectivity index (χ1v) is 7.94. The average molecular weight is 347 g/mol. The molecule has 7 heteroatoms. The molecule has 1 heterocycles. The monoisotopic (exact) mass is 346 g/mol. The summed E-state index contributed by atoms with van der Waals surface area (Å²) in [6, 6.07) is 11.9. The number of likely N-dealkylation sites (N-methyl/N-ethyl adjacent to an activating group) is 1. The van der Waals surface area contributed by atoms with Gasteiger partial charge >= 0.3 is 0 Å². The van der Waals surface area contributed by atoms with Gasteiger partial charge in [-0.15, -0.1) is 12.4 Å². The summed E-state index contributed by atoms with van der Waals surface area (Å²) >= 11 is 5.84. The van der Waals surface area contributed by atoms with Crippen LogP contribution in [-0.4, -0.2) is 31.3 Å². The van der Waals surface area contributed by atoms with Crippen LogP contribution in [-0.2, 0) is 16.4 Å². The number of hydrogen-bond donors (Lipinski definition) is 0. The lowest BCUT2D eigenvalue weighted by Crippen LogP contribution is -2.29. The third-order valence-electron chi connectivity index (χ3n) is 2.91. The summed E-state index contributed by atoms with van der Waals surface area (Å²) in [6.45, 7) is 0.367. The Kier molecular flexibility index (Phi) is 6.61. The highest BCUT2D eigenvalue weighted by atomic mass is 35.5. The number of nitrogens with zero attached hydrogens (tertiary/aromatic N) is 2. The van der Waals surface area contributed by atoms with E-state index in [1.165, 1.54) is 10.4 Å². The van der Waals surface area contributed by atoms with Gasteiger partial charge in [0.25, 0.3) is 0 Å². The molecule has 4 nitrogen and oxygen atoms in total. The molecule has 2 rings (SSSR count). The Morgan fingerprint density at radius 1 is 1.19 bits per heavy atom. The molecule has 0 aliphatic heterocycles. The molecule has 0 amide bonds. The van der Waals surface area contributed by atoms with Gasteiger partial charge in [0, 0.05) is 36.9 Å². The number of halogens is 2. The predicted octanol–water partition coefficient (Wildman–Crippen LogP) is 3.02. The van der Waals surface area contributed by atoms with Crippen molar-refractivity contribution in [2.24, 2.45) is 0 Å². The molecule has 0 saturated carbocycles. The normalized spacial score (nSPS) is 11.2. The highest BCUT2D eigenvalue weighted by molar-refractivity contribution is 7.89. The zero-order valence-corrected chi connectivity index (χ0v) is 13.8. The Morgan fingerprint density at radius 3 is 2.57 bits per heavy atom. The summed E-state index contributed by atoms with van der Waals surface area (Å²) in [5.74, 6) is 0. The SMILES string of the molecule is CN(CCc1ccccn1)S(=O)(=O)c1cccc(Cl)c1.Cl. The molecule has 21 heavy (non-hydrogen) atoms. The van der Waals surface area contributed by atoms with Crippen molar-refractivity contribution < 1.29 is 8.42 Å². The number of sulfonamides is 1. The third-order valence-corrected chi connectivity index (χ3v) is 5.00. The highest BCUT2D eigenvalue weighted by Gasteiger charge is 2.20. The van der Waals surface area contributed by atoms with Crippen LogP contribution in [0.4, 0.5) is 0 Å². The lowest BCUT2D eigenvalue weighted by Gasteiger charge is -2.17. The van der Waals surface area contributed by atoms with Crippen LogP contribution in [0, 0.1) is 0 Å². The van der Waals surface area contributed by atoms with Crippen molar-refractivity contribution in [2.45, 2.75) is 11.3 Å². The number of pyridine rings is 1. The molecule has 0 bridgehead atoms. The van der Waals surface area contributed by atoms with Gasteiger partial charge in [0.2, 0.25) is 10.0 Å². The Labute approximate surface area is 136 Å². The number of aromatic nitrogens is 1. The van der Waals surface area contributed by atoms with Crippen LogP contribution in [0.1, 0.15) is 5.69 Å². The van der Waals surface area contributed by atoms with E-state index < -0.39 is 10.0 Å². The lowest BCUT2D eigenvalue weighted by atomic mass is 10.3. The maximum atomic E-state index is 12.4. The van der Waals surface area contributed by atoms with Gasteiger partial charge in [-0.3, -0.25) is 4.98 Å². The van der Waals surface area contributed by atoms with Crippen molar-refractivity contribution in [3.05, 3.63) is 59.4 Å². The molecular formula is C14H16Cl2N2O2S. The van der Waals surface area contributed by atoms with E-state index in [2.05, 4.69) is 4.98 Å². The van der Waals surface area contributed by atoms with E-state index in [9.17, 15) is 8.42 Å². The molecule has 0 aliphatic rings. The summed E-state index contributed by atoms with van der Waals surface area (Å²) in [6.07, 6.45) is 2.26. The molecular weight excluding hydrogens is 331 g/mol. The van der Waals surface area contributed by atoms with Gasteiger partial charge in [0.1, 0.15) is 0 Å². The van der Waals surface area contributed by atoms with E-state index in [1.54, 1.807) is 31.4 Å². The summed E-state index contributed by atoms with van der Waals surface area (Å²) in [5, 5.41) is 0.407. The van der Waals surface area contributed by atoms with Gasteiger partial charge in [-0.1, -0.05) is 23.7 Å². The van der Waals surface area contributed by atoms with Gasteiger partial charge < -0.3 is 0 Å². The molecule has 0 N–H and O–H groups in total. The van der Waals surface area contributed by atoms with Gasteiger partial charge in [0.15, 0.2) is 0 Å². The van der Waals surface area contributed by atoms with E-state index in [1.807, 2.05) is 18.2 Å². The van der Waals surface area contributed by atoms with Crippen molar-refractivity contribution >= 4 is 34.0 Å². The molecule has 0 unspecified atom stereocenters. The standard InChI is InChI=1S/C14H15ClN2O2S.ClH/c1-17(10-8-13-6-2-3-9-16-13)20(18,19)14-7-4-5-12(15)11-14;/h2-7,9,11H,8,10H2,1H3;1H. The van der Waals surface area contributed by atoms with Crippen molar-refractivity contribution in [2.75, 3.05) is 13.6 Å². The number of hydrogen-bond acceptors (Lipinski definition) is 3. The minimum absolute atomic E-state index is 0. The Bertz CT molecular complexity index is 678. The molecule has 0 atom stereocenters. The predicted molar refractivity (Wildman–Crippen MR) is 86.5 cm³/mol. The second-order valence-electron chi connectivity index (χ2n) is 4.36. The second kappa shape index (κ2) is 7.75. The minimum atomic E-state index is -3.51. The molecule has 0 saturated heterocycles. The second-order valence-corrected chi connectivity index (χ2v) is 6.84. The first-order chi connectivity index (χ1) is 9.50. The molecule has 0 radical (unpaired) electrons. The van der Waals surface area contributed by atoms with Crippen molar-refractivity contribution in [3.63, 3.8) is 0 Å². The van der Waals surface area contributed by atoms with Crippen LogP contribution >= 0.6 is 24.0 Å². The van der Waals surface area contributed by atoms with Crippen LogP contribution in [0.15, 0.2) is 53.6 Å². The smallest absolute Gasteiger partial charge is 0.242 e. The molecule has 1 aromatic heterocycles. The quantitative estimate of drug-likeness (QED) is 0.835. The fraction of sp³-hybridized carbons (Fsp3) is 0.214. The Hall–Kier alpha value is -1.14. The zero-order valence-electron chi connectivity index (χ0n) is 11.4. The van der Waals surface area contributed by atoms with Gasteiger partial charge in [-0.25, -0.2) is 12.7 Å². The van der Waals surface area contributed by atoms with E-state index in [0.29, 0.717) is 18.0 Å². The summed E-state index contributed by atoms with van der Waals surface area (Å²) in [7, 11) is -1.96. The number of rotatable bonds is 5.